The van der Waals surface area contributed by atoms with Crippen molar-refractivity contribution in [2.24, 2.45) is 0 Å². The molecule has 0 spiro atoms. The van der Waals surface area contributed by atoms with Crippen LogP contribution in [0.1, 0.15) is 57.7 Å². The molecule has 1 fully saturated rings. The fourth-order valence-corrected chi connectivity index (χ4v) is 3.11. The van der Waals surface area contributed by atoms with Gasteiger partial charge in [-0.2, -0.15) is 0 Å². The van der Waals surface area contributed by atoms with Crippen molar-refractivity contribution in [1.82, 2.24) is 30.6 Å². The molecule has 8 heteroatoms. The molecule has 1 aromatic carbocycles. The van der Waals surface area contributed by atoms with Crippen molar-refractivity contribution in [3.05, 3.63) is 70.8 Å². The molecule has 0 unspecified atom stereocenters. The largest absolute Gasteiger partial charge is 0.352 e. The van der Waals surface area contributed by atoms with Crippen molar-refractivity contribution < 1.29 is 9.59 Å². The van der Waals surface area contributed by atoms with Crippen LogP contribution in [0, 0.1) is 6.92 Å². The number of carbonyl (C=O) groups excluding carboxylic acids is 2. The van der Waals surface area contributed by atoms with Gasteiger partial charge in [0.1, 0.15) is 5.69 Å². The van der Waals surface area contributed by atoms with Crippen LogP contribution in [0.2, 0.25) is 0 Å². The first kappa shape index (κ1) is 20.5. The average molecular weight is 416 g/mol. The molecule has 0 bridgehead atoms. The standard InChI is InChI=1S/C23H24N6O2/c1-3-24-22(30)16-7-12-19(13-8-16)29-20(14-11-17-6-4-5-15(2)25-17)21(27-28-29)23(31)26-18-9-10-18/h4-8,11-14,18H,3,9-10H2,1-2H3,(H,24,30)(H,26,31). The molecule has 8 nitrogen and oxygen atoms in total. The number of hydrogen-bond donors (Lipinski definition) is 2. The average Bonchev–Trinajstić information content (AvgIpc) is 3.48. The fraction of sp³-hybridized carbons (Fsp3) is 0.261. The maximum Gasteiger partial charge on any atom is 0.274 e. The van der Waals surface area contributed by atoms with Gasteiger partial charge in [0.25, 0.3) is 11.8 Å². The second-order valence-electron chi connectivity index (χ2n) is 7.43. The molecule has 1 saturated carbocycles. The number of aromatic nitrogens is 4. The van der Waals surface area contributed by atoms with Gasteiger partial charge in [-0.05, 0) is 75.2 Å². The summed E-state index contributed by atoms with van der Waals surface area (Å²) in [7, 11) is 0. The van der Waals surface area contributed by atoms with Crippen molar-refractivity contribution in [3.63, 3.8) is 0 Å². The minimum Gasteiger partial charge on any atom is -0.352 e. The van der Waals surface area contributed by atoms with Crippen LogP contribution in [0.4, 0.5) is 0 Å². The first-order valence-corrected chi connectivity index (χ1v) is 10.3. The van der Waals surface area contributed by atoms with Gasteiger partial charge in [0, 0.05) is 23.8 Å². The fourth-order valence-electron chi connectivity index (χ4n) is 3.11. The summed E-state index contributed by atoms with van der Waals surface area (Å²) in [4.78, 5) is 29.2. The Kier molecular flexibility index (Phi) is 5.88. The van der Waals surface area contributed by atoms with E-state index in [4.69, 9.17) is 0 Å². The van der Waals surface area contributed by atoms with E-state index in [1.807, 2.05) is 38.1 Å². The Bertz CT molecular complexity index is 1130. The third-order valence-electron chi connectivity index (χ3n) is 4.87. The minimum absolute atomic E-state index is 0.136. The molecule has 3 aromatic rings. The van der Waals surface area contributed by atoms with E-state index < -0.39 is 0 Å². The van der Waals surface area contributed by atoms with Crippen LogP contribution in [0.3, 0.4) is 0 Å². The van der Waals surface area contributed by atoms with E-state index in [2.05, 4.69) is 25.9 Å². The number of amides is 2. The van der Waals surface area contributed by atoms with Crippen molar-refractivity contribution in [3.8, 4) is 5.69 Å². The van der Waals surface area contributed by atoms with Crippen LogP contribution < -0.4 is 10.6 Å². The van der Waals surface area contributed by atoms with Crippen molar-refractivity contribution in [2.75, 3.05) is 6.54 Å². The molecular weight excluding hydrogens is 392 g/mol. The molecular formula is C23H24N6O2. The van der Waals surface area contributed by atoms with Gasteiger partial charge in [0.15, 0.2) is 5.69 Å². The van der Waals surface area contributed by atoms with Gasteiger partial charge in [-0.25, -0.2) is 4.68 Å². The summed E-state index contributed by atoms with van der Waals surface area (Å²) in [6, 6.07) is 13.0. The van der Waals surface area contributed by atoms with Crippen LogP contribution in [0.25, 0.3) is 17.8 Å². The second-order valence-corrected chi connectivity index (χ2v) is 7.43. The Balaban J connectivity index is 1.69. The maximum atomic E-state index is 12.7. The zero-order chi connectivity index (χ0) is 21.8. The topological polar surface area (TPSA) is 102 Å². The van der Waals surface area contributed by atoms with E-state index in [1.54, 1.807) is 35.0 Å². The smallest absolute Gasteiger partial charge is 0.274 e. The number of nitrogens with zero attached hydrogens (tertiary/aromatic N) is 4. The Morgan fingerprint density at radius 1 is 1.10 bits per heavy atom. The highest BCUT2D eigenvalue weighted by molar-refractivity contribution is 5.97. The third kappa shape index (κ3) is 4.85. The molecule has 4 rings (SSSR count). The number of hydrogen-bond acceptors (Lipinski definition) is 5. The molecule has 0 saturated heterocycles. The molecule has 0 aliphatic heterocycles. The molecule has 1 aliphatic rings. The molecule has 0 radical (unpaired) electrons. The van der Waals surface area contributed by atoms with Gasteiger partial charge in [-0.1, -0.05) is 11.3 Å². The Morgan fingerprint density at radius 3 is 2.55 bits per heavy atom. The van der Waals surface area contributed by atoms with E-state index in [0.717, 1.165) is 24.2 Å². The van der Waals surface area contributed by atoms with Gasteiger partial charge in [-0.3, -0.25) is 14.6 Å². The van der Waals surface area contributed by atoms with E-state index in [-0.39, 0.29) is 23.6 Å². The zero-order valence-corrected chi connectivity index (χ0v) is 17.5. The lowest BCUT2D eigenvalue weighted by molar-refractivity contribution is 0.0941. The minimum atomic E-state index is -0.246. The summed E-state index contributed by atoms with van der Waals surface area (Å²) in [6.07, 6.45) is 5.60. The summed E-state index contributed by atoms with van der Waals surface area (Å²) >= 11 is 0. The second kappa shape index (κ2) is 8.91. The Morgan fingerprint density at radius 2 is 1.87 bits per heavy atom. The molecule has 0 atom stereocenters. The number of aryl methyl sites for hydroxylation is 1. The molecule has 2 N–H and O–H groups in total. The van der Waals surface area contributed by atoms with Gasteiger partial charge in [0.2, 0.25) is 0 Å². The molecule has 2 heterocycles. The molecule has 1 aliphatic carbocycles. The normalized spacial score (nSPS) is 13.4. The zero-order valence-electron chi connectivity index (χ0n) is 17.5. The first-order valence-electron chi connectivity index (χ1n) is 10.3. The summed E-state index contributed by atoms with van der Waals surface area (Å²) in [6.45, 7) is 4.36. The molecule has 2 aromatic heterocycles. The molecule has 158 valence electrons. The van der Waals surface area contributed by atoms with Gasteiger partial charge >= 0.3 is 0 Å². The van der Waals surface area contributed by atoms with E-state index in [0.29, 0.717) is 23.5 Å². The Hall–Kier alpha value is -3.81. The highest BCUT2D eigenvalue weighted by Gasteiger charge is 2.27. The Labute approximate surface area is 180 Å². The summed E-state index contributed by atoms with van der Waals surface area (Å²) in [5.41, 5.74) is 3.73. The number of rotatable bonds is 7. The number of carbonyl (C=O) groups is 2. The van der Waals surface area contributed by atoms with Gasteiger partial charge in [0.05, 0.1) is 11.4 Å². The predicted octanol–water partition coefficient (Wildman–Crippen LogP) is 2.78. The number of pyridine rings is 1. The van der Waals surface area contributed by atoms with Crippen LogP contribution >= 0.6 is 0 Å². The highest BCUT2D eigenvalue weighted by atomic mass is 16.2. The monoisotopic (exact) mass is 416 g/mol. The van der Waals surface area contributed by atoms with Crippen molar-refractivity contribution in [1.29, 1.82) is 0 Å². The summed E-state index contributed by atoms with van der Waals surface area (Å²) in [5, 5.41) is 14.1. The van der Waals surface area contributed by atoms with Crippen LogP contribution in [-0.4, -0.2) is 44.4 Å². The molecule has 31 heavy (non-hydrogen) atoms. The van der Waals surface area contributed by atoms with Crippen LogP contribution in [-0.2, 0) is 0 Å². The maximum absolute atomic E-state index is 12.7. The number of nitrogens with one attached hydrogen (secondary N) is 2. The number of benzene rings is 1. The lowest BCUT2D eigenvalue weighted by Crippen LogP contribution is -2.26. The molecule has 2 amide bonds. The van der Waals surface area contributed by atoms with Gasteiger partial charge in [-0.15, -0.1) is 5.10 Å². The van der Waals surface area contributed by atoms with Gasteiger partial charge < -0.3 is 10.6 Å². The first-order chi connectivity index (χ1) is 15.0. The van der Waals surface area contributed by atoms with Crippen molar-refractivity contribution >= 4 is 24.0 Å². The van der Waals surface area contributed by atoms with Crippen molar-refractivity contribution in [2.45, 2.75) is 32.7 Å². The van der Waals surface area contributed by atoms with Crippen LogP contribution in [0.5, 0.6) is 0 Å². The predicted molar refractivity (Wildman–Crippen MR) is 118 cm³/mol. The summed E-state index contributed by atoms with van der Waals surface area (Å²) < 4.78 is 1.59. The van der Waals surface area contributed by atoms with E-state index in [9.17, 15) is 9.59 Å². The van der Waals surface area contributed by atoms with Crippen LogP contribution in [0.15, 0.2) is 42.5 Å². The lowest BCUT2D eigenvalue weighted by atomic mass is 10.2. The lowest BCUT2D eigenvalue weighted by Gasteiger charge is -2.07. The van der Waals surface area contributed by atoms with E-state index in [1.165, 1.54) is 0 Å². The highest BCUT2D eigenvalue weighted by Crippen LogP contribution is 2.21. The van der Waals surface area contributed by atoms with E-state index >= 15 is 0 Å². The summed E-state index contributed by atoms with van der Waals surface area (Å²) in [5.74, 6) is -0.382. The SMILES string of the molecule is CCNC(=O)c1ccc(-n2nnc(C(=O)NC3CC3)c2C=Cc2cccc(C)n2)cc1. The third-order valence-corrected chi connectivity index (χ3v) is 4.87. The quantitative estimate of drug-likeness (QED) is 0.617.